The Balaban J connectivity index is 1.12. The van der Waals surface area contributed by atoms with Gasteiger partial charge in [0.15, 0.2) is 14.0 Å². The predicted molar refractivity (Wildman–Crippen MR) is 202 cm³/mol. The van der Waals surface area contributed by atoms with E-state index in [1.54, 1.807) is 12.3 Å². The minimum atomic E-state index is -1.98. The average molecular weight is 741 g/mol. The SMILES string of the molecule is Cc1ccnc(C2CC2C(=O)Nc2cc(N[C@H](C)c3cn4cc(C5CC5)cc(N5CC(=O)N(C)C5=O)c4n3)nc(OCCO[Si](C)(C)C(C)(C)C)n2)n1. The lowest BCUT2D eigenvalue weighted by atomic mass is 10.1. The van der Waals surface area contributed by atoms with Crippen molar-refractivity contribution in [1.82, 2.24) is 34.2 Å². The highest BCUT2D eigenvalue weighted by Crippen LogP contribution is 2.47. The fraction of sp³-hybridized carbons (Fsp3) is 0.514. The molecule has 3 atom stereocenters. The summed E-state index contributed by atoms with van der Waals surface area (Å²) in [7, 11) is -0.489. The van der Waals surface area contributed by atoms with Crippen LogP contribution in [-0.2, 0) is 14.0 Å². The lowest BCUT2D eigenvalue weighted by Gasteiger charge is -2.36. The molecule has 7 rings (SSSR count). The first-order valence-electron chi connectivity index (χ1n) is 18.2. The molecule has 0 bridgehead atoms. The molecule has 2 N–H and O–H groups in total. The highest BCUT2D eigenvalue weighted by Gasteiger charge is 2.46. The van der Waals surface area contributed by atoms with E-state index in [-0.39, 0.29) is 59.9 Å². The van der Waals surface area contributed by atoms with Gasteiger partial charge in [0.1, 0.15) is 30.6 Å². The van der Waals surface area contributed by atoms with Gasteiger partial charge in [-0.05, 0) is 74.9 Å². The number of nitrogens with one attached hydrogen (secondary N) is 2. The van der Waals surface area contributed by atoms with Gasteiger partial charge in [0.05, 0.1) is 24.0 Å². The van der Waals surface area contributed by atoms with Crippen molar-refractivity contribution in [2.75, 3.05) is 42.3 Å². The van der Waals surface area contributed by atoms with Gasteiger partial charge in [-0.25, -0.2) is 19.7 Å². The van der Waals surface area contributed by atoms with Crippen LogP contribution in [0.15, 0.2) is 36.8 Å². The number of amides is 4. The first-order chi connectivity index (χ1) is 25.1. The molecule has 1 aliphatic heterocycles. The van der Waals surface area contributed by atoms with E-state index in [9.17, 15) is 14.4 Å². The number of aromatic nitrogens is 6. The fourth-order valence-electron chi connectivity index (χ4n) is 6.16. The Bertz CT molecular complexity index is 2080. The molecular weight excluding hydrogens is 693 g/mol. The van der Waals surface area contributed by atoms with Crippen molar-refractivity contribution in [1.29, 1.82) is 0 Å². The van der Waals surface area contributed by atoms with E-state index in [1.165, 1.54) is 11.9 Å². The number of urea groups is 1. The van der Waals surface area contributed by atoms with Crippen LogP contribution in [0.2, 0.25) is 18.1 Å². The maximum absolute atomic E-state index is 13.4. The number of hydrogen-bond donors (Lipinski definition) is 2. The summed E-state index contributed by atoms with van der Waals surface area (Å²) in [6.07, 6.45) is 8.51. The quantitative estimate of drug-likeness (QED) is 0.0963. The summed E-state index contributed by atoms with van der Waals surface area (Å²) in [5, 5.41) is 6.43. The molecule has 0 aromatic carbocycles. The average Bonchev–Trinajstić information content (AvgIpc) is 4.03. The van der Waals surface area contributed by atoms with E-state index >= 15 is 0 Å². The second kappa shape index (κ2) is 13.8. The van der Waals surface area contributed by atoms with Gasteiger partial charge in [0, 0.05) is 49.2 Å². The highest BCUT2D eigenvalue weighted by molar-refractivity contribution is 6.74. The number of ether oxygens (including phenoxy) is 1. The Morgan fingerprint density at radius 2 is 1.81 bits per heavy atom. The molecule has 4 amide bonds. The summed E-state index contributed by atoms with van der Waals surface area (Å²) in [6, 6.07) is 4.86. The van der Waals surface area contributed by atoms with E-state index in [1.807, 2.05) is 36.6 Å². The summed E-state index contributed by atoms with van der Waals surface area (Å²) in [5.41, 5.74) is 3.84. The van der Waals surface area contributed by atoms with E-state index in [2.05, 4.69) is 70.6 Å². The topological polar surface area (TPSA) is 169 Å². The normalized spacial score (nSPS) is 19.5. The largest absolute Gasteiger partial charge is 0.461 e. The maximum Gasteiger partial charge on any atom is 0.331 e. The molecule has 15 nitrogen and oxygen atoms in total. The molecule has 4 aromatic heterocycles. The van der Waals surface area contributed by atoms with Crippen LogP contribution in [-0.4, -0.2) is 87.2 Å². The maximum atomic E-state index is 13.4. The molecular formula is C37H48N10O5Si. The van der Waals surface area contributed by atoms with Gasteiger partial charge < -0.3 is 24.2 Å². The Morgan fingerprint density at radius 1 is 1.06 bits per heavy atom. The fourth-order valence-corrected chi connectivity index (χ4v) is 7.19. The van der Waals surface area contributed by atoms with E-state index in [0.717, 1.165) is 29.0 Å². The molecule has 2 aliphatic carbocycles. The number of fused-ring (bicyclic) bond motifs is 1. The molecule has 280 valence electrons. The van der Waals surface area contributed by atoms with Crippen molar-refractivity contribution in [3.05, 3.63) is 59.6 Å². The third-order valence-corrected chi connectivity index (χ3v) is 15.3. The molecule has 0 spiro atoms. The van der Waals surface area contributed by atoms with Crippen LogP contribution < -0.4 is 20.3 Å². The van der Waals surface area contributed by atoms with Crippen molar-refractivity contribution in [2.45, 2.75) is 89.9 Å². The summed E-state index contributed by atoms with van der Waals surface area (Å²) < 4.78 is 14.2. The molecule has 2 unspecified atom stereocenters. The van der Waals surface area contributed by atoms with Crippen LogP contribution in [0, 0.1) is 12.8 Å². The first kappa shape index (κ1) is 36.4. The lowest BCUT2D eigenvalue weighted by molar-refractivity contribution is -0.124. The van der Waals surface area contributed by atoms with Crippen LogP contribution >= 0.6 is 0 Å². The molecule has 4 aromatic rings. The van der Waals surface area contributed by atoms with Crippen LogP contribution in [0.3, 0.4) is 0 Å². The standard InChI is InChI=1S/C37H48N10O5Si/c1-21-11-12-38-32(39-21)25-16-26(25)34(49)42-30-17-29(43-35(44-30)51-13-14-52-53(7,8)37(3,4)5)40-22(2)27-19-46-18-24(23-9-10-23)15-28(33(46)41-27)47-20-31(48)45(6)36(47)50/h11-12,15,17-19,22-23,25-26H,9-10,13-14,16,20H2,1-8H3,(H2,40,42,43,44,49)/t22-,25?,26?/m1/s1. The molecule has 1 saturated heterocycles. The number of nitrogens with zero attached hydrogens (tertiary/aromatic N) is 8. The number of aryl methyl sites for hydroxylation is 1. The van der Waals surface area contributed by atoms with Gasteiger partial charge in [-0.3, -0.25) is 19.4 Å². The molecule has 3 fully saturated rings. The lowest BCUT2D eigenvalue weighted by Crippen LogP contribution is -2.41. The van der Waals surface area contributed by atoms with E-state index in [4.69, 9.17) is 14.1 Å². The van der Waals surface area contributed by atoms with Crippen molar-refractivity contribution >= 4 is 49.1 Å². The molecule has 3 aliphatic rings. The molecule has 2 saturated carbocycles. The smallest absolute Gasteiger partial charge is 0.331 e. The third kappa shape index (κ3) is 7.74. The van der Waals surface area contributed by atoms with Crippen LogP contribution in [0.5, 0.6) is 6.01 Å². The number of rotatable bonds is 13. The molecule has 0 radical (unpaired) electrons. The van der Waals surface area contributed by atoms with Crippen molar-refractivity contribution in [3.63, 3.8) is 0 Å². The zero-order valence-electron chi connectivity index (χ0n) is 31.6. The van der Waals surface area contributed by atoms with Crippen LogP contribution in [0.25, 0.3) is 5.65 Å². The Kier molecular flexibility index (Phi) is 9.47. The second-order valence-electron chi connectivity index (χ2n) is 15.9. The summed E-state index contributed by atoms with van der Waals surface area (Å²) in [4.78, 5) is 64.5. The zero-order valence-corrected chi connectivity index (χ0v) is 32.6. The number of anilines is 3. The highest BCUT2D eigenvalue weighted by atomic mass is 28.4. The van der Waals surface area contributed by atoms with Crippen LogP contribution in [0.4, 0.5) is 22.1 Å². The van der Waals surface area contributed by atoms with E-state index in [0.29, 0.717) is 53.4 Å². The number of pyridine rings is 1. The van der Waals surface area contributed by atoms with Gasteiger partial charge in [-0.15, -0.1) is 0 Å². The van der Waals surface area contributed by atoms with Crippen LogP contribution in [0.1, 0.15) is 87.6 Å². The van der Waals surface area contributed by atoms with E-state index < -0.39 is 8.32 Å². The van der Waals surface area contributed by atoms with Gasteiger partial charge in [-0.2, -0.15) is 9.97 Å². The number of hydrogen-bond acceptors (Lipinski definition) is 11. The second-order valence-corrected chi connectivity index (χ2v) is 20.7. The first-order valence-corrected chi connectivity index (χ1v) is 21.1. The number of carbonyl (C=O) groups is 3. The number of carbonyl (C=O) groups excluding carboxylic acids is 3. The summed E-state index contributed by atoms with van der Waals surface area (Å²) in [5.74, 6) is 1.05. The Labute approximate surface area is 310 Å². The van der Waals surface area contributed by atoms with Gasteiger partial charge in [0.2, 0.25) is 11.8 Å². The third-order valence-electron chi connectivity index (χ3n) is 10.7. The number of imide groups is 1. The monoisotopic (exact) mass is 740 g/mol. The van der Waals surface area contributed by atoms with Crippen molar-refractivity contribution in [2.24, 2.45) is 5.92 Å². The number of likely N-dealkylation sites (N-methyl/N-ethyl adjacent to an activating group) is 1. The van der Waals surface area contributed by atoms with Gasteiger partial charge in [0.25, 0.3) is 0 Å². The molecule has 16 heteroatoms. The van der Waals surface area contributed by atoms with Crippen molar-refractivity contribution < 1.29 is 23.5 Å². The van der Waals surface area contributed by atoms with Gasteiger partial charge >= 0.3 is 12.0 Å². The summed E-state index contributed by atoms with van der Waals surface area (Å²) in [6.45, 7) is 15.4. The van der Waals surface area contributed by atoms with Gasteiger partial charge in [-0.1, -0.05) is 20.8 Å². The number of imidazole rings is 1. The van der Waals surface area contributed by atoms with Crippen molar-refractivity contribution in [3.8, 4) is 6.01 Å². The zero-order chi connectivity index (χ0) is 37.8. The Hall–Kier alpha value is -4.96. The Morgan fingerprint density at radius 3 is 2.49 bits per heavy atom. The minimum Gasteiger partial charge on any atom is -0.461 e. The predicted octanol–water partition coefficient (Wildman–Crippen LogP) is 5.81. The molecule has 53 heavy (non-hydrogen) atoms. The summed E-state index contributed by atoms with van der Waals surface area (Å²) >= 11 is 0. The minimum absolute atomic E-state index is 0.0339. The molecule has 5 heterocycles.